The predicted octanol–water partition coefficient (Wildman–Crippen LogP) is 1.32. The van der Waals surface area contributed by atoms with E-state index in [1.807, 2.05) is 12.1 Å². The molecule has 0 fully saturated rings. The minimum absolute atomic E-state index is 0.160. The Hall–Kier alpha value is -2.56. The van der Waals surface area contributed by atoms with Gasteiger partial charge >= 0.3 is 0 Å². The van der Waals surface area contributed by atoms with Crippen molar-refractivity contribution < 1.29 is 4.79 Å². The number of hydrogen-bond donors (Lipinski definition) is 3. The second-order valence-corrected chi connectivity index (χ2v) is 3.80. The molecule has 0 atom stereocenters. The Kier molecular flexibility index (Phi) is 3.76. The average Bonchev–Trinajstić information content (AvgIpc) is 2.87. The number of anilines is 1. The molecule has 5 nitrogen and oxygen atoms in total. The van der Waals surface area contributed by atoms with Crippen molar-refractivity contribution in [1.29, 1.82) is 0 Å². The highest BCUT2D eigenvalue weighted by Gasteiger charge is 1.97. The maximum absolute atomic E-state index is 11.5. The molecule has 2 rings (SSSR count). The Morgan fingerprint density at radius 2 is 2.39 bits per heavy atom. The Morgan fingerprint density at radius 3 is 3.11 bits per heavy atom. The molecular weight excluding hydrogens is 228 g/mol. The number of nitrogen functional groups attached to an aromatic ring is 1. The van der Waals surface area contributed by atoms with E-state index < -0.39 is 0 Å². The van der Waals surface area contributed by atoms with Crippen LogP contribution in [0.5, 0.6) is 0 Å². The van der Waals surface area contributed by atoms with Gasteiger partial charge in [-0.2, -0.15) is 0 Å². The second-order valence-electron chi connectivity index (χ2n) is 3.80. The number of hydrogen-bond acceptors (Lipinski definition) is 3. The van der Waals surface area contributed by atoms with Crippen molar-refractivity contribution in [3.05, 3.63) is 54.1 Å². The van der Waals surface area contributed by atoms with Crippen molar-refractivity contribution in [2.75, 3.05) is 5.73 Å². The summed E-state index contributed by atoms with van der Waals surface area (Å²) in [5.74, 6) is -0.160. The fourth-order valence-electron chi connectivity index (χ4n) is 1.46. The van der Waals surface area contributed by atoms with Gasteiger partial charge in [0.15, 0.2) is 0 Å². The van der Waals surface area contributed by atoms with E-state index in [1.165, 1.54) is 6.08 Å². The summed E-state index contributed by atoms with van der Waals surface area (Å²) in [5.41, 5.74) is 8.08. The molecule has 0 unspecified atom stereocenters. The van der Waals surface area contributed by atoms with E-state index in [-0.39, 0.29) is 5.91 Å². The van der Waals surface area contributed by atoms with E-state index in [0.717, 1.165) is 11.3 Å². The molecule has 1 aromatic carbocycles. The van der Waals surface area contributed by atoms with Gasteiger partial charge in [-0.25, -0.2) is 4.98 Å². The van der Waals surface area contributed by atoms with E-state index in [0.29, 0.717) is 12.2 Å². The first-order valence-electron chi connectivity index (χ1n) is 5.53. The first-order chi connectivity index (χ1) is 8.74. The van der Waals surface area contributed by atoms with Crippen molar-refractivity contribution in [1.82, 2.24) is 15.3 Å². The highest BCUT2D eigenvalue weighted by atomic mass is 16.1. The van der Waals surface area contributed by atoms with Crippen LogP contribution in [0.15, 0.2) is 42.9 Å². The van der Waals surface area contributed by atoms with Gasteiger partial charge in [0.1, 0.15) is 0 Å². The molecule has 0 radical (unpaired) electrons. The standard InChI is InChI=1S/C13H14N4O/c14-11-3-1-2-10(6-11)4-5-13(18)16-8-12-7-15-9-17-12/h1-7,9H,8,14H2,(H,15,17)(H,16,18)/b5-4+. The third kappa shape index (κ3) is 3.48. The lowest BCUT2D eigenvalue weighted by molar-refractivity contribution is -0.116. The Bertz CT molecular complexity index is 546. The number of aromatic nitrogens is 2. The van der Waals surface area contributed by atoms with Crippen LogP contribution in [0.2, 0.25) is 0 Å². The van der Waals surface area contributed by atoms with Gasteiger partial charge in [0.25, 0.3) is 0 Å². The Labute approximate surface area is 105 Å². The topological polar surface area (TPSA) is 83.8 Å². The Balaban J connectivity index is 1.87. The number of imidazole rings is 1. The normalized spacial score (nSPS) is 10.7. The van der Waals surface area contributed by atoms with Crippen molar-refractivity contribution in [3.8, 4) is 0 Å². The first-order valence-corrected chi connectivity index (χ1v) is 5.53. The molecule has 0 aliphatic carbocycles. The van der Waals surface area contributed by atoms with Crippen molar-refractivity contribution in [3.63, 3.8) is 0 Å². The highest BCUT2D eigenvalue weighted by Crippen LogP contribution is 2.07. The molecule has 0 saturated heterocycles. The zero-order valence-electron chi connectivity index (χ0n) is 9.76. The zero-order valence-corrected chi connectivity index (χ0v) is 9.76. The van der Waals surface area contributed by atoms with Crippen LogP contribution in [0.1, 0.15) is 11.3 Å². The summed E-state index contributed by atoms with van der Waals surface area (Å²) in [6, 6.07) is 7.33. The second kappa shape index (κ2) is 5.67. The molecule has 5 heteroatoms. The largest absolute Gasteiger partial charge is 0.399 e. The molecule has 92 valence electrons. The lowest BCUT2D eigenvalue weighted by Gasteiger charge is -1.99. The lowest BCUT2D eigenvalue weighted by Crippen LogP contribution is -2.20. The molecule has 0 bridgehead atoms. The number of aromatic amines is 1. The highest BCUT2D eigenvalue weighted by molar-refractivity contribution is 5.91. The third-order valence-corrected chi connectivity index (χ3v) is 2.35. The first kappa shape index (κ1) is 11.9. The van der Waals surface area contributed by atoms with Crippen molar-refractivity contribution in [2.45, 2.75) is 6.54 Å². The Morgan fingerprint density at radius 1 is 1.50 bits per heavy atom. The van der Waals surface area contributed by atoms with Gasteiger partial charge in [0.2, 0.25) is 5.91 Å². The number of nitrogens with two attached hydrogens (primary N) is 1. The van der Waals surface area contributed by atoms with Gasteiger partial charge in [0, 0.05) is 18.0 Å². The molecule has 1 amide bonds. The molecule has 1 heterocycles. The van der Waals surface area contributed by atoms with Gasteiger partial charge in [-0.05, 0) is 23.8 Å². The van der Waals surface area contributed by atoms with Crippen LogP contribution in [0, 0.1) is 0 Å². The molecule has 0 saturated carbocycles. The molecule has 0 spiro atoms. The van der Waals surface area contributed by atoms with E-state index in [9.17, 15) is 4.79 Å². The number of benzene rings is 1. The average molecular weight is 242 g/mol. The fourth-order valence-corrected chi connectivity index (χ4v) is 1.46. The maximum atomic E-state index is 11.5. The number of carbonyl (C=O) groups is 1. The predicted molar refractivity (Wildman–Crippen MR) is 70.3 cm³/mol. The summed E-state index contributed by atoms with van der Waals surface area (Å²) in [5, 5.41) is 2.74. The summed E-state index contributed by atoms with van der Waals surface area (Å²) in [7, 11) is 0. The van der Waals surface area contributed by atoms with Crippen LogP contribution in [0.25, 0.3) is 6.08 Å². The van der Waals surface area contributed by atoms with Crippen molar-refractivity contribution in [2.24, 2.45) is 0 Å². The zero-order chi connectivity index (χ0) is 12.8. The van der Waals surface area contributed by atoms with Crippen molar-refractivity contribution >= 4 is 17.7 Å². The number of amides is 1. The fraction of sp³-hybridized carbons (Fsp3) is 0.0769. The number of H-pyrrole nitrogens is 1. The third-order valence-electron chi connectivity index (χ3n) is 2.35. The molecular formula is C13H14N4O. The quantitative estimate of drug-likeness (QED) is 0.558. The van der Waals surface area contributed by atoms with Crippen LogP contribution < -0.4 is 11.1 Å². The monoisotopic (exact) mass is 242 g/mol. The van der Waals surface area contributed by atoms with Crippen LogP contribution in [-0.4, -0.2) is 15.9 Å². The molecule has 4 N–H and O–H groups in total. The summed E-state index contributed by atoms with van der Waals surface area (Å²) < 4.78 is 0. The van der Waals surface area contributed by atoms with Gasteiger partial charge in [-0.1, -0.05) is 12.1 Å². The number of carbonyl (C=O) groups excluding carboxylic acids is 1. The van der Waals surface area contributed by atoms with Gasteiger partial charge < -0.3 is 16.0 Å². The van der Waals surface area contributed by atoms with Gasteiger partial charge in [-0.15, -0.1) is 0 Å². The summed E-state index contributed by atoms with van der Waals surface area (Å²) in [6.07, 6.45) is 6.44. The molecule has 2 aromatic rings. The smallest absolute Gasteiger partial charge is 0.244 e. The summed E-state index contributed by atoms with van der Waals surface area (Å²) >= 11 is 0. The molecule has 0 aliphatic heterocycles. The van der Waals surface area contributed by atoms with Crippen LogP contribution >= 0.6 is 0 Å². The molecule has 1 aromatic heterocycles. The SMILES string of the molecule is Nc1cccc(/C=C/C(=O)NCc2cnc[nH]2)c1. The van der Waals surface area contributed by atoms with E-state index in [1.54, 1.807) is 30.7 Å². The minimum atomic E-state index is -0.160. The minimum Gasteiger partial charge on any atom is -0.399 e. The van der Waals surface area contributed by atoms with Crippen LogP contribution in [0.3, 0.4) is 0 Å². The lowest BCUT2D eigenvalue weighted by atomic mass is 10.2. The van der Waals surface area contributed by atoms with Crippen LogP contribution in [-0.2, 0) is 11.3 Å². The number of rotatable bonds is 4. The van der Waals surface area contributed by atoms with E-state index >= 15 is 0 Å². The molecule has 18 heavy (non-hydrogen) atoms. The maximum Gasteiger partial charge on any atom is 0.244 e. The van der Waals surface area contributed by atoms with E-state index in [2.05, 4.69) is 15.3 Å². The summed E-state index contributed by atoms with van der Waals surface area (Å²) in [6.45, 7) is 0.431. The van der Waals surface area contributed by atoms with Gasteiger partial charge in [-0.3, -0.25) is 4.79 Å². The van der Waals surface area contributed by atoms with E-state index in [4.69, 9.17) is 5.73 Å². The summed E-state index contributed by atoms with van der Waals surface area (Å²) in [4.78, 5) is 18.3. The van der Waals surface area contributed by atoms with Crippen LogP contribution in [0.4, 0.5) is 5.69 Å². The van der Waals surface area contributed by atoms with Gasteiger partial charge in [0.05, 0.1) is 18.6 Å². The molecule has 0 aliphatic rings. The number of nitrogens with one attached hydrogen (secondary N) is 2. The number of nitrogens with zero attached hydrogens (tertiary/aromatic N) is 1.